The fourth-order valence-electron chi connectivity index (χ4n) is 1.20. The number of rotatable bonds is 7. The number of unbranched alkanes of at least 4 members (excludes halogenated alkanes) is 1. The van der Waals surface area contributed by atoms with Gasteiger partial charge in [0.05, 0.1) is 0 Å². The number of aromatic amines is 1. The topological polar surface area (TPSA) is 92.0 Å². The molecule has 1 rings (SSSR count). The lowest BCUT2D eigenvalue weighted by molar-refractivity contribution is -0.142. The van der Waals surface area contributed by atoms with Gasteiger partial charge in [0.25, 0.3) is 0 Å². The van der Waals surface area contributed by atoms with Gasteiger partial charge in [0, 0.05) is 18.1 Å². The normalized spacial score (nSPS) is 14.6. The second-order valence-electron chi connectivity index (χ2n) is 3.92. The van der Waals surface area contributed by atoms with E-state index in [9.17, 15) is 4.79 Å². The molecular weight excluding hydrogens is 226 g/mol. The van der Waals surface area contributed by atoms with E-state index in [-0.39, 0.29) is 0 Å². The van der Waals surface area contributed by atoms with E-state index in [1.165, 1.54) is 0 Å². The Morgan fingerprint density at radius 3 is 3.00 bits per heavy atom. The van der Waals surface area contributed by atoms with Gasteiger partial charge >= 0.3 is 5.97 Å². The van der Waals surface area contributed by atoms with Gasteiger partial charge in [-0.25, -0.2) is 4.98 Å². The zero-order valence-corrected chi connectivity index (χ0v) is 10.1. The van der Waals surface area contributed by atoms with Crippen molar-refractivity contribution in [2.45, 2.75) is 36.9 Å². The molecule has 1 aromatic rings. The minimum Gasteiger partial charge on any atom is -0.480 e. The number of aromatic nitrogens is 2. The molecule has 0 saturated heterocycles. The molecule has 0 bridgehead atoms. The lowest BCUT2D eigenvalue weighted by atomic mass is 9.97. The number of nitrogens with zero attached hydrogens (tertiary/aromatic N) is 1. The summed E-state index contributed by atoms with van der Waals surface area (Å²) in [6.45, 7) is 1.55. The SMILES string of the molecule is CC(N)(CCCCSc1ncc[nH]1)C(=O)O. The first kappa shape index (κ1) is 13.1. The standard InChI is InChI=1S/C10H17N3O2S/c1-10(11,8(14)15)4-2-3-7-16-9-12-5-6-13-9/h5-6H,2-4,7,11H2,1H3,(H,12,13)(H,14,15). The first-order valence-corrected chi connectivity index (χ1v) is 6.15. The number of H-pyrrole nitrogens is 1. The van der Waals surface area contributed by atoms with Crippen LogP contribution in [-0.2, 0) is 4.79 Å². The summed E-state index contributed by atoms with van der Waals surface area (Å²) in [5.74, 6) is -0.0189. The summed E-state index contributed by atoms with van der Waals surface area (Å²) in [4.78, 5) is 17.8. The van der Waals surface area contributed by atoms with Crippen LogP contribution in [0.2, 0.25) is 0 Å². The third-order valence-corrected chi connectivity index (χ3v) is 3.28. The summed E-state index contributed by atoms with van der Waals surface area (Å²) in [6.07, 6.45) is 5.74. The molecule has 0 spiro atoms. The molecule has 1 aromatic heterocycles. The van der Waals surface area contributed by atoms with Crippen molar-refractivity contribution in [3.8, 4) is 0 Å². The minimum atomic E-state index is -1.10. The second-order valence-corrected chi connectivity index (χ2v) is 5.01. The van der Waals surface area contributed by atoms with Gasteiger partial charge in [-0.1, -0.05) is 18.2 Å². The van der Waals surface area contributed by atoms with Crippen LogP contribution in [0.25, 0.3) is 0 Å². The number of hydrogen-bond donors (Lipinski definition) is 3. The zero-order valence-electron chi connectivity index (χ0n) is 9.27. The van der Waals surface area contributed by atoms with Crippen LogP contribution in [0.15, 0.2) is 17.6 Å². The van der Waals surface area contributed by atoms with Crippen molar-refractivity contribution in [1.82, 2.24) is 9.97 Å². The van der Waals surface area contributed by atoms with Crippen LogP contribution in [-0.4, -0.2) is 32.3 Å². The summed E-state index contributed by atoms with van der Waals surface area (Å²) in [6, 6.07) is 0. The first-order valence-electron chi connectivity index (χ1n) is 5.17. The average molecular weight is 243 g/mol. The van der Waals surface area contributed by atoms with Crippen LogP contribution in [0.3, 0.4) is 0 Å². The predicted octanol–water partition coefficient (Wildman–Crippen LogP) is 1.47. The van der Waals surface area contributed by atoms with E-state index in [0.29, 0.717) is 6.42 Å². The fourth-order valence-corrected chi connectivity index (χ4v) is 2.03. The minimum absolute atomic E-state index is 0.501. The van der Waals surface area contributed by atoms with Gasteiger partial charge in [-0.2, -0.15) is 0 Å². The predicted molar refractivity (Wildman–Crippen MR) is 63.4 cm³/mol. The molecule has 0 aliphatic rings. The Balaban J connectivity index is 2.10. The molecule has 16 heavy (non-hydrogen) atoms. The van der Waals surface area contributed by atoms with Crippen LogP contribution in [0.4, 0.5) is 0 Å². The Labute approximate surface area is 98.8 Å². The number of carboxylic acids is 1. The molecule has 0 aliphatic carbocycles. The number of nitrogens with one attached hydrogen (secondary N) is 1. The maximum atomic E-state index is 10.7. The number of carboxylic acid groups (broad SMARTS) is 1. The number of thioether (sulfide) groups is 1. The van der Waals surface area contributed by atoms with Crippen molar-refractivity contribution >= 4 is 17.7 Å². The van der Waals surface area contributed by atoms with E-state index in [4.69, 9.17) is 10.8 Å². The molecule has 1 heterocycles. The molecule has 1 atom stereocenters. The summed E-state index contributed by atoms with van der Waals surface area (Å²) < 4.78 is 0. The van der Waals surface area contributed by atoms with Crippen molar-refractivity contribution < 1.29 is 9.90 Å². The molecule has 1 unspecified atom stereocenters. The molecular formula is C10H17N3O2S. The molecule has 4 N–H and O–H groups in total. The van der Waals surface area contributed by atoms with Gasteiger partial charge < -0.3 is 15.8 Å². The van der Waals surface area contributed by atoms with Crippen LogP contribution >= 0.6 is 11.8 Å². The lowest BCUT2D eigenvalue weighted by Crippen LogP contribution is -2.44. The Morgan fingerprint density at radius 2 is 2.44 bits per heavy atom. The van der Waals surface area contributed by atoms with Crippen LogP contribution < -0.4 is 5.73 Å². The quantitative estimate of drug-likeness (QED) is 0.498. The largest absolute Gasteiger partial charge is 0.480 e. The Kier molecular flexibility index (Phi) is 4.82. The Morgan fingerprint density at radius 1 is 1.69 bits per heavy atom. The van der Waals surface area contributed by atoms with Crippen molar-refractivity contribution in [3.63, 3.8) is 0 Å². The van der Waals surface area contributed by atoms with Crippen LogP contribution in [0.1, 0.15) is 26.2 Å². The third-order valence-electron chi connectivity index (χ3n) is 2.29. The lowest BCUT2D eigenvalue weighted by Gasteiger charge is -2.18. The highest BCUT2D eigenvalue weighted by Gasteiger charge is 2.26. The Hall–Kier alpha value is -1.01. The summed E-state index contributed by atoms with van der Waals surface area (Å²) in [5, 5.41) is 9.70. The van der Waals surface area contributed by atoms with Gasteiger partial charge in [-0.05, 0) is 19.8 Å². The van der Waals surface area contributed by atoms with Gasteiger partial charge in [0.2, 0.25) is 0 Å². The fraction of sp³-hybridized carbons (Fsp3) is 0.600. The van der Waals surface area contributed by atoms with Crippen molar-refractivity contribution in [2.24, 2.45) is 5.73 Å². The molecule has 0 radical (unpaired) electrons. The van der Waals surface area contributed by atoms with Crippen LogP contribution in [0.5, 0.6) is 0 Å². The smallest absolute Gasteiger partial charge is 0.323 e. The van der Waals surface area contributed by atoms with E-state index in [2.05, 4.69) is 9.97 Å². The first-order chi connectivity index (χ1) is 7.52. The molecule has 0 saturated carbocycles. The van der Waals surface area contributed by atoms with Gasteiger partial charge in [-0.15, -0.1) is 0 Å². The third kappa shape index (κ3) is 4.24. The second kappa shape index (κ2) is 5.91. The van der Waals surface area contributed by atoms with E-state index < -0.39 is 11.5 Å². The monoisotopic (exact) mass is 243 g/mol. The molecule has 90 valence electrons. The number of aliphatic carboxylic acids is 1. The van der Waals surface area contributed by atoms with E-state index >= 15 is 0 Å². The average Bonchev–Trinajstić information content (AvgIpc) is 2.69. The van der Waals surface area contributed by atoms with Crippen molar-refractivity contribution in [3.05, 3.63) is 12.4 Å². The number of nitrogens with two attached hydrogens (primary N) is 1. The molecule has 5 nitrogen and oxygen atoms in total. The maximum Gasteiger partial charge on any atom is 0.323 e. The highest BCUT2D eigenvalue weighted by atomic mass is 32.2. The highest BCUT2D eigenvalue weighted by Crippen LogP contribution is 2.16. The van der Waals surface area contributed by atoms with Gasteiger partial charge in [0.15, 0.2) is 5.16 Å². The molecule has 0 aliphatic heterocycles. The molecule has 0 fully saturated rings. The van der Waals surface area contributed by atoms with Crippen molar-refractivity contribution in [1.29, 1.82) is 0 Å². The summed E-state index contributed by atoms with van der Waals surface area (Å²) in [5.41, 5.74) is 4.51. The van der Waals surface area contributed by atoms with Gasteiger partial charge in [-0.3, -0.25) is 4.79 Å². The molecule has 0 amide bonds. The van der Waals surface area contributed by atoms with Crippen LogP contribution in [0, 0.1) is 0 Å². The summed E-state index contributed by atoms with van der Waals surface area (Å²) in [7, 11) is 0. The Bertz CT molecular complexity index is 325. The van der Waals surface area contributed by atoms with E-state index in [1.54, 1.807) is 31.1 Å². The summed E-state index contributed by atoms with van der Waals surface area (Å²) >= 11 is 1.63. The van der Waals surface area contributed by atoms with E-state index in [1.807, 2.05) is 0 Å². The molecule has 6 heteroatoms. The highest BCUT2D eigenvalue weighted by molar-refractivity contribution is 7.99. The van der Waals surface area contributed by atoms with Crippen molar-refractivity contribution in [2.75, 3.05) is 5.75 Å². The number of hydrogen-bond acceptors (Lipinski definition) is 4. The number of imidazole rings is 1. The van der Waals surface area contributed by atoms with Gasteiger partial charge in [0.1, 0.15) is 5.54 Å². The molecule has 0 aromatic carbocycles. The zero-order chi connectivity index (χ0) is 12.0. The maximum absolute atomic E-state index is 10.7. The number of carbonyl (C=O) groups is 1. The van der Waals surface area contributed by atoms with E-state index in [0.717, 1.165) is 23.8 Å².